The highest BCUT2D eigenvalue weighted by Gasteiger charge is 2.13. The Morgan fingerprint density at radius 3 is 2.55 bits per heavy atom. The summed E-state index contributed by atoms with van der Waals surface area (Å²) in [5, 5.41) is 16.7. The summed E-state index contributed by atoms with van der Waals surface area (Å²) < 4.78 is 5.96. The maximum Gasteiger partial charge on any atom is 0.120 e. The molecule has 1 N–H and O–H groups in total. The van der Waals surface area contributed by atoms with E-state index < -0.39 is 0 Å². The number of aromatic nitrogens is 3. The minimum absolute atomic E-state index is 0.337. The maximum absolute atomic E-state index is 9.24. The number of ether oxygens (including phenoxy) is 1. The number of nitrogens with zero attached hydrogens (tertiary/aromatic N) is 3. The lowest BCUT2D eigenvalue weighted by Gasteiger charge is -2.10. The first-order valence-corrected chi connectivity index (χ1v) is 9.35. The third-order valence-electron chi connectivity index (χ3n) is 4.67. The monoisotopic (exact) mass is 380 g/mol. The predicted molar refractivity (Wildman–Crippen MR) is 112 cm³/mol. The van der Waals surface area contributed by atoms with Crippen LogP contribution in [0.5, 0.6) is 5.75 Å². The van der Waals surface area contributed by atoms with Crippen molar-refractivity contribution in [2.45, 2.75) is 20.5 Å². The van der Waals surface area contributed by atoms with Gasteiger partial charge in [-0.3, -0.25) is 10.1 Å². The molecule has 0 fully saturated rings. The van der Waals surface area contributed by atoms with Gasteiger partial charge in [0.15, 0.2) is 0 Å². The van der Waals surface area contributed by atoms with Crippen LogP contribution in [0, 0.1) is 25.2 Å². The topological polar surface area (TPSA) is 74.6 Å². The Balaban J connectivity index is 1.62. The molecule has 2 aromatic heterocycles. The molecule has 0 saturated heterocycles. The Labute approximate surface area is 169 Å². The third-order valence-corrected chi connectivity index (χ3v) is 4.67. The number of nitrogens with one attached hydrogen (secondary N) is 1. The summed E-state index contributed by atoms with van der Waals surface area (Å²) in [6.07, 6.45) is 1.90. The average molecular weight is 380 g/mol. The van der Waals surface area contributed by atoms with Crippen LogP contribution in [0.2, 0.25) is 0 Å². The summed E-state index contributed by atoms with van der Waals surface area (Å²) in [6.45, 7) is 4.32. The van der Waals surface area contributed by atoms with Gasteiger partial charge in [-0.15, -0.1) is 0 Å². The van der Waals surface area contributed by atoms with E-state index in [1.807, 2.05) is 62.5 Å². The van der Waals surface area contributed by atoms with Crippen molar-refractivity contribution in [1.29, 1.82) is 5.26 Å². The van der Waals surface area contributed by atoms with Crippen LogP contribution in [0.1, 0.15) is 22.5 Å². The van der Waals surface area contributed by atoms with Crippen molar-refractivity contribution in [1.82, 2.24) is 15.2 Å². The molecule has 0 saturated carbocycles. The van der Waals surface area contributed by atoms with Crippen molar-refractivity contribution in [3.63, 3.8) is 0 Å². The van der Waals surface area contributed by atoms with Crippen LogP contribution in [0.25, 0.3) is 22.4 Å². The van der Waals surface area contributed by atoms with Crippen LogP contribution in [-0.4, -0.2) is 15.2 Å². The number of nitriles is 1. The fraction of sp³-hybridized carbons (Fsp3) is 0.125. The number of pyridine rings is 1. The Bertz CT molecular complexity index is 1180. The van der Waals surface area contributed by atoms with Gasteiger partial charge in [-0.2, -0.15) is 10.4 Å². The normalized spacial score (nSPS) is 10.5. The molecule has 5 heteroatoms. The molecule has 0 amide bonds. The Hall–Kier alpha value is -3.91. The summed E-state index contributed by atoms with van der Waals surface area (Å²) in [7, 11) is 0. The minimum Gasteiger partial charge on any atom is -0.489 e. The maximum atomic E-state index is 9.24. The number of rotatable bonds is 5. The number of aryl methyl sites for hydroxylation is 2. The van der Waals surface area contributed by atoms with E-state index in [-0.39, 0.29) is 0 Å². The zero-order chi connectivity index (χ0) is 20.2. The van der Waals surface area contributed by atoms with E-state index in [0.717, 1.165) is 45.1 Å². The van der Waals surface area contributed by atoms with Crippen LogP contribution in [0.15, 0.2) is 66.9 Å². The molecule has 0 spiro atoms. The number of hydrogen-bond acceptors (Lipinski definition) is 4. The first-order valence-electron chi connectivity index (χ1n) is 9.35. The Morgan fingerprint density at radius 2 is 1.76 bits per heavy atom. The molecule has 5 nitrogen and oxygen atoms in total. The fourth-order valence-electron chi connectivity index (χ4n) is 3.37. The van der Waals surface area contributed by atoms with E-state index in [9.17, 15) is 5.26 Å². The van der Waals surface area contributed by atoms with Crippen molar-refractivity contribution in [3.05, 3.63) is 89.4 Å². The molecule has 0 unspecified atom stereocenters. The molecule has 4 aromatic rings. The molecule has 142 valence electrons. The molecule has 0 aliphatic heterocycles. The molecular weight excluding hydrogens is 360 g/mol. The van der Waals surface area contributed by atoms with Crippen LogP contribution in [-0.2, 0) is 6.61 Å². The minimum atomic E-state index is 0.337. The van der Waals surface area contributed by atoms with Crippen LogP contribution >= 0.6 is 0 Å². The van der Waals surface area contributed by atoms with Gasteiger partial charge in [0.05, 0.1) is 17.3 Å². The van der Waals surface area contributed by atoms with Crippen LogP contribution < -0.4 is 4.74 Å². The Morgan fingerprint density at radius 1 is 0.966 bits per heavy atom. The van der Waals surface area contributed by atoms with Gasteiger partial charge in [0.25, 0.3) is 0 Å². The lowest BCUT2D eigenvalue weighted by Crippen LogP contribution is -1.98. The first kappa shape index (κ1) is 18.5. The highest BCUT2D eigenvalue weighted by Crippen LogP contribution is 2.32. The van der Waals surface area contributed by atoms with Gasteiger partial charge in [-0.25, -0.2) is 0 Å². The van der Waals surface area contributed by atoms with E-state index in [0.29, 0.717) is 12.2 Å². The molecule has 0 aliphatic carbocycles. The highest BCUT2D eigenvalue weighted by molar-refractivity contribution is 5.81. The lowest BCUT2D eigenvalue weighted by molar-refractivity contribution is 0.306. The molecule has 0 radical (unpaired) electrons. The van der Waals surface area contributed by atoms with Gasteiger partial charge in [0.1, 0.15) is 12.4 Å². The molecule has 2 heterocycles. The molecule has 4 rings (SSSR count). The second-order valence-corrected chi connectivity index (χ2v) is 6.87. The molecular formula is C24H20N4O. The lowest BCUT2D eigenvalue weighted by atomic mass is 10.0. The van der Waals surface area contributed by atoms with Gasteiger partial charge in [0.2, 0.25) is 0 Å². The van der Waals surface area contributed by atoms with Crippen LogP contribution in [0.3, 0.4) is 0 Å². The number of hydrogen-bond donors (Lipinski definition) is 1. The summed E-state index contributed by atoms with van der Waals surface area (Å²) in [5.74, 6) is 0.728. The van der Waals surface area contributed by atoms with Gasteiger partial charge >= 0.3 is 0 Å². The molecule has 0 atom stereocenters. The van der Waals surface area contributed by atoms with Gasteiger partial charge in [0, 0.05) is 34.3 Å². The number of benzene rings is 2. The zero-order valence-corrected chi connectivity index (χ0v) is 16.3. The third kappa shape index (κ3) is 4.02. The van der Waals surface area contributed by atoms with E-state index in [4.69, 9.17) is 4.74 Å². The summed E-state index contributed by atoms with van der Waals surface area (Å²) in [6, 6.07) is 21.6. The number of aromatic amines is 1. The van der Waals surface area contributed by atoms with E-state index in [2.05, 4.69) is 33.4 Å². The average Bonchev–Trinajstić information content (AvgIpc) is 3.22. The van der Waals surface area contributed by atoms with E-state index in [1.165, 1.54) is 0 Å². The second kappa shape index (κ2) is 7.99. The van der Waals surface area contributed by atoms with E-state index in [1.54, 1.807) is 6.07 Å². The largest absolute Gasteiger partial charge is 0.489 e. The quantitative estimate of drug-likeness (QED) is 0.516. The number of H-pyrrole nitrogens is 1. The molecule has 29 heavy (non-hydrogen) atoms. The van der Waals surface area contributed by atoms with Crippen molar-refractivity contribution < 1.29 is 4.74 Å². The molecule has 2 aromatic carbocycles. The SMILES string of the molecule is Cc1cc(-c2c[nH]nc2-c2cccc(OCc3ccccc3C#N)c2)cc(C)n1. The van der Waals surface area contributed by atoms with Gasteiger partial charge < -0.3 is 4.74 Å². The van der Waals surface area contributed by atoms with Crippen molar-refractivity contribution in [2.75, 3.05) is 0 Å². The standard InChI is InChI=1S/C24H20N4O/c1-16-10-21(11-17(2)27-16)23-14-26-28-24(23)18-8-5-9-22(12-18)29-15-20-7-4-3-6-19(20)13-25/h3-12,14H,15H2,1-2H3,(H,26,28). The van der Waals surface area contributed by atoms with Crippen molar-refractivity contribution >= 4 is 0 Å². The predicted octanol–water partition coefficient (Wildman–Crippen LogP) is 5.21. The molecule has 0 aliphatic rings. The second-order valence-electron chi connectivity index (χ2n) is 6.87. The van der Waals surface area contributed by atoms with Crippen LogP contribution in [0.4, 0.5) is 0 Å². The highest BCUT2D eigenvalue weighted by atomic mass is 16.5. The van der Waals surface area contributed by atoms with Crippen molar-refractivity contribution in [3.8, 4) is 34.2 Å². The Kier molecular flexibility index (Phi) is 5.08. The van der Waals surface area contributed by atoms with E-state index >= 15 is 0 Å². The van der Waals surface area contributed by atoms with Gasteiger partial charge in [-0.1, -0.05) is 30.3 Å². The zero-order valence-electron chi connectivity index (χ0n) is 16.3. The summed E-state index contributed by atoms with van der Waals surface area (Å²) in [5.41, 5.74) is 7.35. The molecule has 0 bridgehead atoms. The first-order chi connectivity index (χ1) is 14.1. The smallest absolute Gasteiger partial charge is 0.120 e. The summed E-state index contributed by atoms with van der Waals surface area (Å²) >= 11 is 0. The van der Waals surface area contributed by atoms with Crippen molar-refractivity contribution in [2.24, 2.45) is 0 Å². The fourth-order valence-corrected chi connectivity index (χ4v) is 3.37. The summed E-state index contributed by atoms with van der Waals surface area (Å²) in [4.78, 5) is 4.45. The van der Waals surface area contributed by atoms with Gasteiger partial charge in [-0.05, 0) is 49.7 Å².